The summed E-state index contributed by atoms with van der Waals surface area (Å²) in [7, 11) is -0.674. The van der Waals surface area contributed by atoms with E-state index in [1.807, 2.05) is 0 Å². The van der Waals surface area contributed by atoms with Crippen molar-refractivity contribution in [2.45, 2.75) is 13.3 Å². The van der Waals surface area contributed by atoms with Crippen molar-refractivity contribution in [3.8, 4) is 0 Å². The van der Waals surface area contributed by atoms with Crippen molar-refractivity contribution in [3.05, 3.63) is 12.2 Å². The Hall–Kier alpha value is -0.150. The molecule has 11 heavy (non-hydrogen) atoms. The van der Waals surface area contributed by atoms with E-state index in [1.165, 1.54) is 5.57 Å². The minimum atomic E-state index is -0.674. The van der Waals surface area contributed by atoms with Crippen LogP contribution in [0.3, 0.4) is 0 Å². The van der Waals surface area contributed by atoms with Gasteiger partial charge in [0.05, 0.1) is 0 Å². The molecule has 66 valence electrons. The summed E-state index contributed by atoms with van der Waals surface area (Å²) in [6, 6.07) is 0. The smallest absolute Gasteiger partial charge is 0.0357 e. The zero-order chi connectivity index (χ0) is 8.69. The molecule has 0 aromatic rings. The monoisotopic (exact) mass is 175 g/mol. The molecule has 2 nitrogen and oxygen atoms in total. The topological polar surface area (TPSA) is 29.1 Å². The predicted octanol–water partition coefficient (Wildman–Crippen LogP) is 0.921. The lowest BCUT2D eigenvalue weighted by atomic mass is 10.2. The lowest BCUT2D eigenvalue weighted by Crippen LogP contribution is -2.22. The van der Waals surface area contributed by atoms with Gasteiger partial charge in [-0.25, -0.2) is 0 Å². The van der Waals surface area contributed by atoms with Crippen LogP contribution in [0.25, 0.3) is 0 Å². The largest absolute Gasteiger partial charge is 0.312 e. The van der Waals surface area contributed by atoms with Gasteiger partial charge in [0.15, 0.2) is 0 Å². The van der Waals surface area contributed by atoms with Crippen LogP contribution < -0.4 is 5.32 Å². The Morgan fingerprint density at radius 2 is 2.27 bits per heavy atom. The fourth-order valence-corrected chi connectivity index (χ4v) is 1.04. The first-order valence-corrected chi connectivity index (χ1v) is 5.57. The molecule has 0 aliphatic rings. The van der Waals surface area contributed by atoms with Crippen molar-refractivity contribution in [2.24, 2.45) is 0 Å². The van der Waals surface area contributed by atoms with Crippen molar-refractivity contribution in [1.82, 2.24) is 5.32 Å². The summed E-state index contributed by atoms with van der Waals surface area (Å²) in [4.78, 5) is 0. The number of hydrogen-bond acceptors (Lipinski definition) is 2. The molecule has 0 amide bonds. The summed E-state index contributed by atoms with van der Waals surface area (Å²) in [5, 5.41) is 3.17. The summed E-state index contributed by atoms with van der Waals surface area (Å²) in [5.41, 5.74) is 1.20. The first kappa shape index (κ1) is 10.8. The molecule has 0 saturated carbocycles. The molecule has 0 aliphatic carbocycles. The van der Waals surface area contributed by atoms with Gasteiger partial charge in [-0.3, -0.25) is 4.21 Å². The second kappa shape index (κ2) is 6.55. The van der Waals surface area contributed by atoms with Crippen LogP contribution in [0.15, 0.2) is 12.2 Å². The van der Waals surface area contributed by atoms with E-state index in [0.29, 0.717) is 0 Å². The first-order valence-electron chi connectivity index (χ1n) is 3.84. The van der Waals surface area contributed by atoms with Gasteiger partial charge >= 0.3 is 0 Å². The van der Waals surface area contributed by atoms with Crippen LogP contribution >= 0.6 is 0 Å². The number of rotatable bonds is 6. The van der Waals surface area contributed by atoms with E-state index in [-0.39, 0.29) is 0 Å². The Labute approximate surface area is 71.5 Å². The molecular formula is C8H17NOS. The molecule has 0 saturated heterocycles. The van der Waals surface area contributed by atoms with Crippen molar-refractivity contribution in [2.75, 3.05) is 25.1 Å². The Kier molecular flexibility index (Phi) is 6.46. The van der Waals surface area contributed by atoms with E-state index in [9.17, 15) is 4.21 Å². The molecule has 0 aliphatic heterocycles. The van der Waals surface area contributed by atoms with Crippen molar-refractivity contribution < 1.29 is 4.21 Å². The molecular weight excluding hydrogens is 158 g/mol. The zero-order valence-corrected chi connectivity index (χ0v) is 8.17. The van der Waals surface area contributed by atoms with Crippen LogP contribution in [0.2, 0.25) is 0 Å². The van der Waals surface area contributed by atoms with E-state index in [4.69, 9.17) is 0 Å². The maximum Gasteiger partial charge on any atom is 0.0357 e. The Balaban J connectivity index is 3.14. The van der Waals surface area contributed by atoms with E-state index in [0.717, 1.165) is 25.3 Å². The highest BCUT2D eigenvalue weighted by atomic mass is 32.2. The van der Waals surface area contributed by atoms with Gasteiger partial charge in [-0.2, -0.15) is 0 Å². The Morgan fingerprint density at radius 1 is 1.64 bits per heavy atom. The van der Waals surface area contributed by atoms with Gasteiger partial charge in [0.25, 0.3) is 0 Å². The number of hydrogen-bond donors (Lipinski definition) is 1. The third kappa shape index (κ3) is 7.75. The van der Waals surface area contributed by atoms with Crippen LogP contribution in [0.1, 0.15) is 13.3 Å². The van der Waals surface area contributed by atoms with Gasteiger partial charge in [0.1, 0.15) is 0 Å². The minimum absolute atomic E-state index is 0.674. The van der Waals surface area contributed by atoms with E-state index in [2.05, 4.69) is 18.8 Å². The summed E-state index contributed by atoms with van der Waals surface area (Å²) in [6.45, 7) is 7.61. The van der Waals surface area contributed by atoms with Gasteiger partial charge in [-0.15, -0.1) is 0 Å². The normalized spacial score (nSPS) is 12.9. The van der Waals surface area contributed by atoms with Gasteiger partial charge in [-0.1, -0.05) is 19.1 Å². The lowest BCUT2D eigenvalue weighted by molar-refractivity contribution is 0.681. The van der Waals surface area contributed by atoms with Crippen LogP contribution in [0.4, 0.5) is 0 Å². The van der Waals surface area contributed by atoms with Gasteiger partial charge in [0.2, 0.25) is 0 Å². The second-order valence-corrected chi connectivity index (χ2v) is 4.11. The minimum Gasteiger partial charge on any atom is -0.312 e. The predicted molar refractivity (Wildman–Crippen MR) is 51.2 cm³/mol. The maximum atomic E-state index is 10.6. The molecule has 1 atom stereocenters. The molecule has 1 N–H and O–H groups in total. The molecule has 0 heterocycles. The van der Waals surface area contributed by atoms with Gasteiger partial charge in [-0.05, 0) is 6.42 Å². The van der Waals surface area contributed by atoms with Crippen LogP contribution in [0.5, 0.6) is 0 Å². The summed E-state index contributed by atoms with van der Waals surface area (Å²) >= 11 is 0. The number of nitrogens with one attached hydrogen (secondary N) is 1. The van der Waals surface area contributed by atoms with Crippen molar-refractivity contribution >= 4 is 10.8 Å². The average Bonchev–Trinajstić information content (AvgIpc) is 1.97. The molecule has 0 rings (SSSR count). The quantitative estimate of drug-likeness (QED) is 0.480. The maximum absolute atomic E-state index is 10.6. The summed E-state index contributed by atoms with van der Waals surface area (Å²) in [5.74, 6) is 0.733. The fraction of sp³-hybridized carbons (Fsp3) is 0.750. The van der Waals surface area contributed by atoms with E-state index >= 15 is 0 Å². The highest BCUT2D eigenvalue weighted by Crippen LogP contribution is 1.91. The second-order valence-electron chi connectivity index (χ2n) is 2.56. The molecule has 0 radical (unpaired) electrons. The van der Waals surface area contributed by atoms with E-state index < -0.39 is 10.8 Å². The van der Waals surface area contributed by atoms with E-state index in [1.54, 1.807) is 6.26 Å². The molecule has 3 heteroatoms. The lowest BCUT2D eigenvalue weighted by Gasteiger charge is -2.03. The van der Waals surface area contributed by atoms with Crippen molar-refractivity contribution in [1.29, 1.82) is 0 Å². The highest BCUT2D eigenvalue weighted by Gasteiger charge is 1.91. The molecule has 0 bridgehead atoms. The molecule has 0 aromatic carbocycles. The zero-order valence-electron chi connectivity index (χ0n) is 7.35. The van der Waals surface area contributed by atoms with Gasteiger partial charge < -0.3 is 5.32 Å². The standard InChI is InChI=1S/C8H17NOS/c1-4-8(2)7-9-5-6-11(3)10/h9H,2,4-7H2,1,3H3. The Morgan fingerprint density at radius 3 is 2.73 bits per heavy atom. The fourth-order valence-electron chi connectivity index (χ4n) is 0.606. The van der Waals surface area contributed by atoms with Crippen molar-refractivity contribution in [3.63, 3.8) is 0 Å². The average molecular weight is 175 g/mol. The van der Waals surface area contributed by atoms with Gasteiger partial charge in [0, 0.05) is 35.9 Å². The molecule has 0 spiro atoms. The summed E-state index contributed by atoms with van der Waals surface area (Å²) < 4.78 is 10.6. The van der Waals surface area contributed by atoms with Crippen LogP contribution in [-0.2, 0) is 10.8 Å². The summed E-state index contributed by atoms with van der Waals surface area (Å²) in [6.07, 6.45) is 2.73. The molecule has 0 fully saturated rings. The third-order valence-electron chi connectivity index (χ3n) is 1.44. The third-order valence-corrected chi connectivity index (χ3v) is 2.22. The molecule has 0 aromatic heterocycles. The first-order chi connectivity index (χ1) is 5.16. The van der Waals surface area contributed by atoms with Crippen LogP contribution in [-0.4, -0.2) is 29.3 Å². The Bertz CT molecular complexity index is 145. The highest BCUT2D eigenvalue weighted by molar-refractivity contribution is 7.84. The molecule has 1 unspecified atom stereocenters. The SMILES string of the molecule is C=C(CC)CNCCS(C)=O. The van der Waals surface area contributed by atoms with Crippen LogP contribution in [0, 0.1) is 0 Å².